The van der Waals surface area contributed by atoms with Crippen molar-refractivity contribution in [2.75, 3.05) is 45.6 Å². The van der Waals surface area contributed by atoms with Gasteiger partial charge >= 0.3 is 5.97 Å². The summed E-state index contributed by atoms with van der Waals surface area (Å²) >= 11 is 1.80. The van der Waals surface area contributed by atoms with Gasteiger partial charge in [-0.25, -0.2) is 0 Å². The smallest absolute Gasteiger partial charge is 0.306 e. The maximum Gasteiger partial charge on any atom is 0.306 e. The molecule has 2 heterocycles. The average molecular weight is 286 g/mol. The summed E-state index contributed by atoms with van der Waals surface area (Å²) in [4.78, 5) is 27.5. The third kappa shape index (κ3) is 4.11. The number of amides is 1. The summed E-state index contributed by atoms with van der Waals surface area (Å²) in [6.45, 7) is 4.03. The summed E-state index contributed by atoms with van der Waals surface area (Å²) in [5.41, 5.74) is 0. The Kier molecular flexibility index (Phi) is 5.51. The van der Waals surface area contributed by atoms with Crippen LogP contribution < -0.4 is 0 Å². The maximum atomic E-state index is 12.2. The largest absolute Gasteiger partial charge is 0.469 e. The highest BCUT2D eigenvalue weighted by Gasteiger charge is 2.29. The molecule has 0 aliphatic carbocycles. The van der Waals surface area contributed by atoms with Gasteiger partial charge in [-0.1, -0.05) is 0 Å². The van der Waals surface area contributed by atoms with Gasteiger partial charge in [-0.15, -0.1) is 11.8 Å². The molecule has 2 saturated heterocycles. The van der Waals surface area contributed by atoms with Crippen LogP contribution in [-0.2, 0) is 14.3 Å². The molecule has 1 atom stereocenters. The number of rotatable bonds is 4. The van der Waals surface area contributed by atoms with Crippen molar-refractivity contribution in [2.45, 2.75) is 24.5 Å². The van der Waals surface area contributed by atoms with E-state index in [1.807, 2.05) is 4.90 Å². The fraction of sp³-hybridized carbons (Fsp3) is 0.846. The van der Waals surface area contributed by atoms with Gasteiger partial charge in [0.2, 0.25) is 5.91 Å². The third-order valence-corrected chi connectivity index (χ3v) is 5.11. The lowest BCUT2D eigenvalue weighted by Gasteiger charge is -2.35. The molecule has 0 radical (unpaired) electrons. The Balaban J connectivity index is 1.69. The van der Waals surface area contributed by atoms with Gasteiger partial charge in [0, 0.05) is 32.7 Å². The first-order chi connectivity index (χ1) is 9.20. The Morgan fingerprint density at radius 2 is 2.00 bits per heavy atom. The van der Waals surface area contributed by atoms with E-state index < -0.39 is 0 Å². The number of hydrogen-bond donors (Lipinski definition) is 0. The van der Waals surface area contributed by atoms with Gasteiger partial charge in [0.05, 0.1) is 18.8 Å². The molecule has 1 unspecified atom stereocenters. The van der Waals surface area contributed by atoms with Crippen LogP contribution in [0.25, 0.3) is 0 Å². The van der Waals surface area contributed by atoms with Gasteiger partial charge in [0.15, 0.2) is 0 Å². The molecule has 0 aromatic rings. The standard InChI is InChI=1S/C13H22N2O3S/c1-18-12(16)4-5-14-6-8-15(9-7-14)13(17)11-3-2-10-19-11/h11H,2-10H2,1H3. The summed E-state index contributed by atoms with van der Waals surface area (Å²) in [7, 11) is 1.41. The van der Waals surface area contributed by atoms with Crippen molar-refractivity contribution in [1.29, 1.82) is 0 Å². The highest BCUT2D eigenvalue weighted by atomic mass is 32.2. The van der Waals surface area contributed by atoms with E-state index >= 15 is 0 Å². The molecule has 1 amide bonds. The summed E-state index contributed by atoms with van der Waals surface area (Å²) in [6.07, 6.45) is 2.63. The van der Waals surface area contributed by atoms with E-state index in [4.69, 9.17) is 0 Å². The average Bonchev–Trinajstić information content (AvgIpc) is 2.98. The molecule has 0 aromatic carbocycles. The minimum Gasteiger partial charge on any atom is -0.469 e. The summed E-state index contributed by atoms with van der Waals surface area (Å²) < 4.78 is 4.64. The summed E-state index contributed by atoms with van der Waals surface area (Å²) in [5, 5.41) is 0.196. The van der Waals surface area contributed by atoms with Gasteiger partial charge in [-0.3, -0.25) is 14.5 Å². The SMILES string of the molecule is COC(=O)CCN1CCN(C(=O)C2CCCS2)CC1. The molecule has 5 nitrogen and oxygen atoms in total. The molecular weight excluding hydrogens is 264 g/mol. The molecule has 2 rings (SSSR count). The van der Waals surface area contributed by atoms with Crippen molar-refractivity contribution < 1.29 is 14.3 Å². The van der Waals surface area contributed by atoms with E-state index in [0.717, 1.165) is 44.9 Å². The molecule has 0 N–H and O–H groups in total. The van der Waals surface area contributed by atoms with Gasteiger partial charge in [-0.2, -0.15) is 0 Å². The number of hydrogen-bond acceptors (Lipinski definition) is 5. The fourth-order valence-electron chi connectivity index (χ4n) is 2.52. The van der Waals surface area contributed by atoms with Crippen LogP contribution in [0.3, 0.4) is 0 Å². The van der Waals surface area contributed by atoms with Crippen molar-refractivity contribution in [3.63, 3.8) is 0 Å². The Bertz CT molecular complexity index is 324. The van der Waals surface area contributed by atoms with E-state index in [9.17, 15) is 9.59 Å². The topological polar surface area (TPSA) is 49.9 Å². The van der Waals surface area contributed by atoms with E-state index in [1.54, 1.807) is 11.8 Å². The second-order valence-electron chi connectivity index (χ2n) is 4.99. The molecule has 0 bridgehead atoms. The van der Waals surface area contributed by atoms with Crippen molar-refractivity contribution in [1.82, 2.24) is 9.80 Å². The third-order valence-electron chi connectivity index (χ3n) is 3.75. The van der Waals surface area contributed by atoms with Gasteiger partial charge < -0.3 is 9.64 Å². The Morgan fingerprint density at radius 3 is 2.58 bits per heavy atom. The molecule has 2 aliphatic heterocycles. The van der Waals surface area contributed by atoms with Crippen LogP contribution in [0.4, 0.5) is 0 Å². The number of nitrogens with zero attached hydrogens (tertiary/aromatic N) is 2. The van der Waals surface area contributed by atoms with Crippen LogP contribution >= 0.6 is 11.8 Å². The van der Waals surface area contributed by atoms with Crippen LogP contribution in [0.5, 0.6) is 0 Å². The predicted molar refractivity (Wildman–Crippen MR) is 75.1 cm³/mol. The minimum atomic E-state index is -0.166. The number of ether oxygens (including phenoxy) is 1. The van der Waals surface area contributed by atoms with Crippen molar-refractivity contribution in [3.05, 3.63) is 0 Å². The summed E-state index contributed by atoms with van der Waals surface area (Å²) in [6, 6.07) is 0. The van der Waals surface area contributed by atoms with Gasteiger partial charge in [-0.05, 0) is 18.6 Å². The quantitative estimate of drug-likeness (QED) is 0.708. The highest BCUT2D eigenvalue weighted by molar-refractivity contribution is 8.00. The number of carbonyl (C=O) groups excluding carboxylic acids is 2. The molecule has 2 fully saturated rings. The first kappa shape index (κ1) is 14.7. The molecule has 6 heteroatoms. The van der Waals surface area contributed by atoms with Crippen molar-refractivity contribution in [2.24, 2.45) is 0 Å². The lowest BCUT2D eigenvalue weighted by Crippen LogP contribution is -2.51. The van der Waals surface area contributed by atoms with Crippen molar-refractivity contribution in [3.8, 4) is 0 Å². The lowest BCUT2D eigenvalue weighted by molar-refractivity contribution is -0.141. The van der Waals surface area contributed by atoms with E-state index in [-0.39, 0.29) is 11.2 Å². The zero-order valence-electron chi connectivity index (χ0n) is 11.5. The molecule has 0 saturated carbocycles. The second kappa shape index (κ2) is 7.14. The fourth-order valence-corrected chi connectivity index (χ4v) is 3.76. The summed E-state index contributed by atoms with van der Waals surface area (Å²) in [5.74, 6) is 1.27. The van der Waals surface area contributed by atoms with Crippen LogP contribution in [0.15, 0.2) is 0 Å². The highest BCUT2D eigenvalue weighted by Crippen LogP contribution is 2.28. The second-order valence-corrected chi connectivity index (χ2v) is 6.31. The molecule has 2 aliphatic rings. The number of esters is 1. The minimum absolute atomic E-state index is 0.166. The van der Waals surface area contributed by atoms with Crippen LogP contribution in [0, 0.1) is 0 Å². The van der Waals surface area contributed by atoms with E-state index in [1.165, 1.54) is 13.5 Å². The van der Waals surface area contributed by atoms with E-state index in [2.05, 4.69) is 9.64 Å². The van der Waals surface area contributed by atoms with Gasteiger partial charge in [0.1, 0.15) is 0 Å². The normalized spacial score (nSPS) is 24.5. The molecule has 19 heavy (non-hydrogen) atoms. The molecule has 0 spiro atoms. The first-order valence-corrected chi connectivity index (χ1v) is 7.95. The Labute approximate surface area is 118 Å². The lowest BCUT2D eigenvalue weighted by atomic mass is 10.2. The Morgan fingerprint density at radius 1 is 1.26 bits per heavy atom. The van der Waals surface area contributed by atoms with Gasteiger partial charge in [0.25, 0.3) is 0 Å². The molecule has 0 aromatic heterocycles. The number of thioether (sulfide) groups is 1. The monoisotopic (exact) mass is 286 g/mol. The van der Waals surface area contributed by atoms with E-state index in [0.29, 0.717) is 12.3 Å². The zero-order valence-corrected chi connectivity index (χ0v) is 12.3. The molecular formula is C13H22N2O3S. The maximum absolute atomic E-state index is 12.2. The number of carbonyl (C=O) groups is 2. The predicted octanol–water partition coefficient (Wildman–Crippen LogP) is 0.589. The Hall–Kier alpha value is -0.750. The zero-order chi connectivity index (χ0) is 13.7. The first-order valence-electron chi connectivity index (χ1n) is 6.90. The molecule has 108 valence electrons. The van der Waals surface area contributed by atoms with Crippen LogP contribution in [0.2, 0.25) is 0 Å². The van der Waals surface area contributed by atoms with Crippen LogP contribution in [-0.4, -0.2) is 72.5 Å². The number of piperazine rings is 1. The van der Waals surface area contributed by atoms with Crippen LogP contribution in [0.1, 0.15) is 19.3 Å². The number of methoxy groups -OCH3 is 1. The van der Waals surface area contributed by atoms with Crippen molar-refractivity contribution >= 4 is 23.6 Å².